The lowest BCUT2D eigenvalue weighted by Gasteiger charge is -2.34. The number of hydroxylamine groups is 1. The Labute approximate surface area is 213 Å². The predicted octanol–water partition coefficient (Wildman–Crippen LogP) is 3.55. The molecule has 0 spiro atoms. The van der Waals surface area contributed by atoms with Gasteiger partial charge in [-0.15, -0.1) is 5.10 Å². The van der Waals surface area contributed by atoms with Crippen molar-refractivity contribution in [1.82, 2.24) is 20.5 Å². The standard InChI is InChI=1S/C26H24N4O6S/c31-25(28-32)26(14-16-35-17-15-26)37(33,34)23-12-8-20(9-13-23)30-18-24(27-29-30)19-6-10-22(11-7-19)36-21-4-2-1-3-5-21/h1-13,18,32H,14-17H2,(H,28,31). The summed E-state index contributed by atoms with van der Waals surface area (Å²) >= 11 is 0. The Bertz CT molecular complexity index is 1480. The SMILES string of the molecule is O=C(NO)C1(S(=O)(=O)c2ccc(-n3cc(-c4ccc(Oc5ccccc5)cc4)nn3)cc2)CCOCC1. The van der Waals surface area contributed by atoms with E-state index in [2.05, 4.69) is 10.3 Å². The Balaban J connectivity index is 1.34. The highest BCUT2D eigenvalue weighted by Crippen LogP contribution is 2.35. The molecule has 2 N–H and O–H groups in total. The molecule has 0 bridgehead atoms. The van der Waals surface area contributed by atoms with Gasteiger partial charge in [0.05, 0.1) is 16.8 Å². The molecule has 2 heterocycles. The zero-order chi connectivity index (χ0) is 25.9. The van der Waals surface area contributed by atoms with Gasteiger partial charge >= 0.3 is 0 Å². The maximum atomic E-state index is 13.4. The summed E-state index contributed by atoms with van der Waals surface area (Å²) in [7, 11) is -4.11. The number of nitrogens with zero attached hydrogens (tertiary/aromatic N) is 3. The molecule has 0 aliphatic carbocycles. The predicted molar refractivity (Wildman–Crippen MR) is 133 cm³/mol. The molecule has 3 aromatic carbocycles. The zero-order valence-corrected chi connectivity index (χ0v) is 20.5. The van der Waals surface area contributed by atoms with E-state index < -0.39 is 20.5 Å². The van der Waals surface area contributed by atoms with Crippen LogP contribution in [0.5, 0.6) is 11.5 Å². The third kappa shape index (κ3) is 4.71. The Morgan fingerprint density at radius 1 is 0.946 bits per heavy atom. The van der Waals surface area contributed by atoms with Gasteiger partial charge in [0.2, 0.25) is 0 Å². The highest BCUT2D eigenvalue weighted by molar-refractivity contribution is 7.93. The van der Waals surface area contributed by atoms with E-state index in [9.17, 15) is 18.4 Å². The molecule has 0 radical (unpaired) electrons. The number of sulfone groups is 1. The Morgan fingerprint density at radius 3 is 2.24 bits per heavy atom. The maximum Gasteiger partial charge on any atom is 0.265 e. The third-order valence-corrected chi connectivity index (χ3v) is 8.88. The zero-order valence-electron chi connectivity index (χ0n) is 19.6. The summed E-state index contributed by atoms with van der Waals surface area (Å²) in [6.45, 7) is 0.206. The summed E-state index contributed by atoms with van der Waals surface area (Å²) in [6, 6.07) is 22.9. The van der Waals surface area contributed by atoms with Crippen LogP contribution in [0, 0.1) is 0 Å². The number of benzene rings is 3. The molecule has 1 amide bonds. The van der Waals surface area contributed by atoms with Crippen LogP contribution in [-0.4, -0.2) is 52.5 Å². The van der Waals surface area contributed by atoms with Crippen molar-refractivity contribution < 1.29 is 27.9 Å². The summed E-state index contributed by atoms with van der Waals surface area (Å²) in [4.78, 5) is 12.4. The lowest BCUT2D eigenvalue weighted by atomic mass is 9.98. The quantitative estimate of drug-likeness (QED) is 0.279. The second-order valence-electron chi connectivity index (χ2n) is 8.53. The summed E-state index contributed by atoms with van der Waals surface area (Å²) in [6.07, 6.45) is 1.63. The molecular weight excluding hydrogens is 496 g/mol. The van der Waals surface area contributed by atoms with Gasteiger partial charge in [0, 0.05) is 18.8 Å². The molecule has 1 aromatic heterocycles. The van der Waals surface area contributed by atoms with Crippen LogP contribution in [-0.2, 0) is 19.4 Å². The minimum atomic E-state index is -4.11. The molecule has 0 saturated carbocycles. The molecule has 1 fully saturated rings. The number of carbonyl (C=O) groups is 1. The monoisotopic (exact) mass is 520 g/mol. The topological polar surface area (TPSA) is 133 Å². The van der Waals surface area contributed by atoms with E-state index >= 15 is 0 Å². The van der Waals surface area contributed by atoms with Crippen LogP contribution in [0.15, 0.2) is 90.0 Å². The maximum absolute atomic E-state index is 13.4. The Hall–Kier alpha value is -4.06. The molecule has 0 unspecified atom stereocenters. The second-order valence-corrected chi connectivity index (χ2v) is 10.8. The van der Waals surface area contributed by atoms with E-state index in [4.69, 9.17) is 9.47 Å². The molecule has 1 saturated heterocycles. The lowest BCUT2D eigenvalue weighted by Crippen LogP contribution is -2.54. The first-order valence-electron chi connectivity index (χ1n) is 11.6. The number of para-hydroxylation sites is 1. The molecule has 1 aliphatic heterocycles. The van der Waals surface area contributed by atoms with Crippen molar-refractivity contribution >= 4 is 15.7 Å². The molecule has 37 heavy (non-hydrogen) atoms. The normalized spacial score (nSPS) is 15.2. The van der Waals surface area contributed by atoms with Crippen molar-refractivity contribution in [2.45, 2.75) is 22.5 Å². The number of ether oxygens (including phenoxy) is 2. The summed E-state index contributed by atoms with van der Waals surface area (Å²) in [5, 5.41) is 17.6. The van der Waals surface area contributed by atoms with Gasteiger partial charge < -0.3 is 9.47 Å². The van der Waals surface area contributed by atoms with E-state index in [-0.39, 0.29) is 31.0 Å². The summed E-state index contributed by atoms with van der Waals surface area (Å²) in [5.41, 5.74) is 3.57. The fourth-order valence-corrected chi connectivity index (χ4v) is 6.20. The first-order valence-corrected chi connectivity index (χ1v) is 13.0. The summed E-state index contributed by atoms with van der Waals surface area (Å²) in [5.74, 6) is 0.476. The van der Waals surface area contributed by atoms with Crippen molar-refractivity contribution in [3.63, 3.8) is 0 Å². The van der Waals surface area contributed by atoms with Crippen LogP contribution >= 0.6 is 0 Å². The van der Waals surface area contributed by atoms with Crippen molar-refractivity contribution in [2.75, 3.05) is 13.2 Å². The first kappa shape index (κ1) is 24.6. The molecular formula is C26H24N4O6S. The highest BCUT2D eigenvalue weighted by atomic mass is 32.2. The lowest BCUT2D eigenvalue weighted by molar-refractivity contribution is -0.134. The molecule has 0 atom stereocenters. The van der Waals surface area contributed by atoms with E-state index in [0.29, 0.717) is 17.1 Å². The van der Waals surface area contributed by atoms with Crippen molar-refractivity contribution in [3.05, 3.63) is 85.1 Å². The van der Waals surface area contributed by atoms with E-state index in [1.54, 1.807) is 18.3 Å². The van der Waals surface area contributed by atoms with Crippen molar-refractivity contribution in [3.8, 4) is 28.4 Å². The van der Waals surface area contributed by atoms with Crippen LogP contribution in [0.4, 0.5) is 0 Å². The molecule has 10 nitrogen and oxygen atoms in total. The van der Waals surface area contributed by atoms with Crippen LogP contribution < -0.4 is 10.2 Å². The largest absolute Gasteiger partial charge is 0.457 e. The number of carbonyl (C=O) groups excluding carboxylic acids is 1. The average Bonchev–Trinajstić information content (AvgIpc) is 3.44. The van der Waals surface area contributed by atoms with Crippen LogP contribution in [0.2, 0.25) is 0 Å². The van der Waals surface area contributed by atoms with Gasteiger partial charge in [0.15, 0.2) is 14.6 Å². The number of hydrogen-bond acceptors (Lipinski definition) is 8. The molecule has 11 heteroatoms. The van der Waals surface area contributed by atoms with E-state index in [1.165, 1.54) is 22.3 Å². The number of amides is 1. The smallest absolute Gasteiger partial charge is 0.265 e. The van der Waals surface area contributed by atoms with Crippen LogP contribution in [0.25, 0.3) is 16.9 Å². The minimum Gasteiger partial charge on any atom is -0.457 e. The van der Waals surface area contributed by atoms with E-state index in [0.717, 1.165) is 11.3 Å². The van der Waals surface area contributed by atoms with Crippen molar-refractivity contribution in [2.24, 2.45) is 0 Å². The van der Waals surface area contributed by atoms with Gasteiger partial charge in [-0.1, -0.05) is 23.4 Å². The number of nitrogens with one attached hydrogen (secondary N) is 1. The van der Waals surface area contributed by atoms with Gasteiger partial charge in [0.25, 0.3) is 5.91 Å². The molecule has 190 valence electrons. The summed E-state index contributed by atoms with van der Waals surface area (Å²) < 4.78 is 37.6. The fourth-order valence-electron chi connectivity index (χ4n) is 4.27. The first-order chi connectivity index (χ1) is 17.9. The molecule has 4 aromatic rings. The Morgan fingerprint density at radius 2 is 1.59 bits per heavy atom. The highest BCUT2D eigenvalue weighted by Gasteiger charge is 2.52. The molecule has 1 aliphatic rings. The van der Waals surface area contributed by atoms with Gasteiger partial charge in [-0.3, -0.25) is 10.0 Å². The minimum absolute atomic E-state index is 0.0314. The molecule has 5 rings (SSSR count). The second kappa shape index (κ2) is 10.1. The van der Waals surface area contributed by atoms with E-state index in [1.807, 2.05) is 54.6 Å². The number of rotatable bonds is 7. The van der Waals surface area contributed by atoms with Gasteiger partial charge in [-0.2, -0.15) is 0 Å². The third-order valence-electron chi connectivity index (χ3n) is 6.36. The average molecular weight is 521 g/mol. The van der Waals surface area contributed by atoms with Gasteiger partial charge in [-0.05, 0) is 73.5 Å². The van der Waals surface area contributed by atoms with Gasteiger partial charge in [0.1, 0.15) is 17.2 Å². The number of aromatic nitrogens is 3. The number of hydrogen-bond donors (Lipinski definition) is 2. The van der Waals surface area contributed by atoms with Crippen molar-refractivity contribution in [1.29, 1.82) is 0 Å². The Kier molecular flexibility index (Phi) is 6.74. The fraction of sp³-hybridized carbons (Fsp3) is 0.192. The van der Waals surface area contributed by atoms with Gasteiger partial charge in [-0.25, -0.2) is 18.6 Å². The van der Waals surface area contributed by atoms with Crippen LogP contribution in [0.1, 0.15) is 12.8 Å². The van der Waals surface area contributed by atoms with Crippen LogP contribution in [0.3, 0.4) is 0 Å².